The van der Waals surface area contributed by atoms with Crippen LogP contribution < -0.4 is 0 Å². The van der Waals surface area contributed by atoms with Gasteiger partial charge in [-0.15, -0.1) is 0 Å². The summed E-state index contributed by atoms with van der Waals surface area (Å²) in [7, 11) is -3.43. The Balaban J connectivity index is 3.07. The lowest BCUT2D eigenvalue weighted by Crippen LogP contribution is -2.36. The molecule has 0 atom stereocenters. The zero-order valence-electron chi connectivity index (χ0n) is 11.9. The van der Waals surface area contributed by atoms with Gasteiger partial charge < -0.3 is 0 Å². The van der Waals surface area contributed by atoms with Crippen LogP contribution in [0.3, 0.4) is 0 Å². The maximum Gasteiger partial charge on any atom is 0.243 e. The summed E-state index contributed by atoms with van der Waals surface area (Å²) in [5.74, 6) is 0.585. The van der Waals surface area contributed by atoms with Crippen LogP contribution in [0.2, 0.25) is 5.02 Å². The molecule has 19 heavy (non-hydrogen) atoms. The van der Waals surface area contributed by atoms with Crippen molar-refractivity contribution in [2.24, 2.45) is 11.8 Å². The maximum absolute atomic E-state index is 12.6. The smallest absolute Gasteiger partial charge is 0.207 e. The predicted molar refractivity (Wildman–Crippen MR) is 79.9 cm³/mol. The van der Waals surface area contributed by atoms with E-state index in [0.29, 0.717) is 34.8 Å². The van der Waals surface area contributed by atoms with Crippen LogP contribution in [-0.4, -0.2) is 25.8 Å². The molecule has 1 rings (SSSR count). The normalized spacial score (nSPS) is 12.6. The van der Waals surface area contributed by atoms with Crippen molar-refractivity contribution in [1.29, 1.82) is 0 Å². The average Bonchev–Trinajstić information content (AvgIpc) is 2.27. The van der Waals surface area contributed by atoms with Gasteiger partial charge in [0, 0.05) is 18.1 Å². The van der Waals surface area contributed by atoms with E-state index in [-0.39, 0.29) is 0 Å². The van der Waals surface area contributed by atoms with Crippen LogP contribution in [-0.2, 0) is 10.0 Å². The second kappa shape index (κ2) is 6.73. The molecule has 0 heterocycles. The van der Waals surface area contributed by atoms with E-state index in [1.54, 1.807) is 28.6 Å². The molecule has 0 radical (unpaired) electrons. The number of sulfonamides is 1. The van der Waals surface area contributed by atoms with Crippen LogP contribution in [0.15, 0.2) is 29.2 Å². The number of hydrogen-bond acceptors (Lipinski definition) is 2. The molecule has 3 nitrogen and oxygen atoms in total. The molecule has 0 saturated carbocycles. The topological polar surface area (TPSA) is 37.4 Å². The third kappa shape index (κ3) is 4.79. The third-order valence-corrected chi connectivity index (χ3v) is 4.69. The summed E-state index contributed by atoms with van der Waals surface area (Å²) in [6.07, 6.45) is 0. The number of rotatable bonds is 6. The van der Waals surface area contributed by atoms with E-state index in [4.69, 9.17) is 11.6 Å². The van der Waals surface area contributed by atoms with E-state index in [0.717, 1.165) is 0 Å². The van der Waals surface area contributed by atoms with Crippen molar-refractivity contribution in [3.05, 3.63) is 29.3 Å². The van der Waals surface area contributed by atoms with E-state index < -0.39 is 10.0 Å². The Hall–Kier alpha value is -0.580. The molecule has 0 amide bonds. The van der Waals surface area contributed by atoms with Gasteiger partial charge in [0.05, 0.1) is 4.90 Å². The number of hydrogen-bond donors (Lipinski definition) is 0. The van der Waals surface area contributed by atoms with Crippen molar-refractivity contribution < 1.29 is 8.42 Å². The van der Waals surface area contributed by atoms with E-state index >= 15 is 0 Å². The predicted octanol–water partition coefficient (Wildman–Crippen LogP) is 3.64. The van der Waals surface area contributed by atoms with E-state index in [9.17, 15) is 8.42 Å². The molecule has 0 spiro atoms. The van der Waals surface area contributed by atoms with Crippen molar-refractivity contribution in [3.63, 3.8) is 0 Å². The van der Waals surface area contributed by atoms with Crippen molar-refractivity contribution in [1.82, 2.24) is 4.31 Å². The maximum atomic E-state index is 12.6. The van der Waals surface area contributed by atoms with Gasteiger partial charge in [0.25, 0.3) is 0 Å². The first-order valence-corrected chi connectivity index (χ1v) is 8.31. The molecule has 0 aliphatic heterocycles. The fraction of sp³-hybridized carbons (Fsp3) is 0.571. The van der Waals surface area contributed by atoms with Crippen LogP contribution in [0.1, 0.15) is 27.7 Å². The molecule has 0 unspecified atom stereocenters. The summed E-state index contributed by atoms with van der Waals surface area (Å²) < 4.78 is 26.8. The lowest BCUT2D eigenvalue weighted by molar-refractivity contribution is 0.333. The first-order chi connectivity index (χ1) is 8.73. The molecule has 0 N–H and O–H groups in total. The highest BCUT2D eigenvalue weighted by Crippen LogP contribution is 2.20. The first-order valence-electron chi connectivity index (χ1n) is 6.49. The summed E-state index contributed by atoms with van der Waals surface area (Å²) in [6, 6.07) is 6.34. The van der Waals surface area contributed by atoms with Gasteiger partial charge in [0.15, 0.2) is 0 Å². The second-order valence-corrected chi connectivity index (χ2v) is 7.94. The van der Waals surface area contributed by atoms with Crippen LogP contribution in [0.4, 0.5) is 0 Å². The molecule has 0 fully saturated rings. The third-order valence-electron chi connectivity index (χ3n) is 2.59. The van der Waals surface area contributed by atoms with Gasteiger partial charge in [-0.25, -0.2) is 8.42 Å². The first kappa shape index (κ1) is 16.5. The Morgan fingerprint density at radius 2 is 1.42 bits per heavy atom. The lowest BCUT2D eigenvalue weighted by Gasteiger charge is -2.25. The Bertz CT molecular complexity index is 485. The highest BCUT2D eigenvalue weighted by atomic mass is 35.5. The quantitative estimate of drug-likeness (QED) is 0.804. The lowest BCUT2D eigenvalue weighted by atomic mass is 10.2. The summed E-state index contributed by atoms with van der Waals surface area (Å²) >= 11 is 5.80. The van der Waals surface area contributed by atoms with Crippen molar-refractivity contribution in [3.8, 4) is 0 Å². The molecule has 1 aromatic carbocycles. The molecular formula is C14H22ClNO2S. The van der Waals surface area contributed by atoms with Crippen LogP contribution in [0, 0.1) is 11.8 Å². The van der Waals surface area contributed by atoms with Crippen LogP contribution >= 0.6 is 11.6 Å². The van der Waals surface area contributed by atoms with Gasteiger partial charge in [0.2, 0.25) is 10.0 Å². The summed E-state index contributed by atoms with van der Waals surface area (Å²) in [6.45, 7) is 9.14. The Labute approximate surface area is 121 Å². The number of benzene rings is 1. The minimum absolute atomic E-state index is 0.292. The number of nitrogens with zero attached hydrogens (tertiary/aromatic N) is 1. The highest BCUT2D eigenvalue weighted by Gasteiger charge is 2.25. The van der Waals surface area contributed by atoms with Gasteiger partial charge in [-0.3, -0.25) is 0 Å². The largest absolute Gasteiger partial charge is 0.243 e. The fourth-order valence-electron chi connectivity index (χ4n) is 1.84. The minimum Gasteiger partial charge on any atom is -0.207 e. The molecule has 0 saturated heterocycles. The summed E-state index contributed by atoms with van der Waals surface area (Å²) in [4.78, 5) is 0.304. The van der Waals surface area contributed by atoms with Gasteiger partial charge in [-0.2, -0.15) is 4.31 Å². The second-order valence-electron chi connectivity index (χ2n) is 5.56. The molecular weight excluding hydrogens is 282 g/mol. The Morgan fingerprint density at radius 1 is 1.00 bits per heavy atom. The zero-order valence-corrected chi connectivity index (χ0v) is 13.5. The average molecular weight is 304 g/mol. The molecule has 0 aliphatic rings. The Morgan fingerprint density at radius 3 is 1.79 bits per heavy atom. The molecule has 108 valence electrons. The van der Waals surface area contributed by atoms with E-state index in [2.05, 4.69) is 0 Å². The summed E-state index contributed by atoms with van der Waals surface area (Å²) in [5, 5.41) is 0.540. The van der Waals surface area contributed by atoms with Crippen molar-refractivity contribution in [2.75, 3.05) is 13.1 Å². The van der Waals surface area contributed by atoms with Crippen LogP contribution in [0.25, 0.3) is 0 Å². The Kier molecular flexibility index (Phi) is 5.83. The van der Waals surface area contributed by atoms with Gasteiger partial charge in [0.1, 0.15) is 0 Å². The van der Waals surface area contributed by atoms with Crippen molar-refractivity contribution >= 4 is 21.6 Å². The van der Waals surface area contributed by atoms with E-state index in [1.807, 2.05) is 27.7 Å². The van der Waals surface area contributed by atoms with Gasteiger partial charge in [-0.05, 0) is 36.1 Å². The molecule has 0 aliphatic carbocycles. The molecule has 0 aromatic heterocycles. The minimum atomic E-state index is -3.43. The van der Waals surface area contributed by atoms with Crippen LogP contribution in [0.5, 0.6) is 0 Å². The van der Waals surface area contributed by atoms with Gasteiger partial charge >= 0.3 is 0 Å². The standard InChI is InChI=1S/C14H22ClNO2S/c1-11(2)9-16(10-12(3)4)19(17,18)14-7-5-13(15)6-8-14/h5-8,11-12H,9-10H2,1-4H3. The van der Waals surface area contributed by atoms with Crippen molar-refractivity contribution in [2.45, 2.75) is 32.6 Å². The fourth-order valence-corrected chi connectivity index (χ4v) is 3.73. The highest BCUT2D eigenvalue weighted by molar-refractivity contribution is 7.89. The monoisotopic (exact) mass is 303 g/mol. The number of halogens is 1. The zero-order chi connectivity index (χ0) is 14.6. The molecule has 1 aromatic rings. The molecule has 5 heteroatoms. The summed E-state index contributed by atoms with van der Waals surface area (Å²) in [5.41, 5.74) is 0. The van der Waals surface area contributed by atoms with E-state index in [1.165, 1.54) is 0 Å². The molecule has 0 bridgehead atoms. The SMILES string of the molecule is CC(C)CN(CC(C)C)S(=O)(=O)c1ccc(Cl)cc1. The van der Waals surface area contributed by atoms with Gasteiger partial charge in [-0.1, -0.05) is 39.3 Å².